The van der Waals surface area contributed by atoms with Crippen molar-refractivity contribution in [2.45, 2.75) is 19.9 Å². The second kappa shape index (κ2) is 4.69. The van der Waals surface area contributed by atoms with Crippen molar-refractivity contribution in [1.29, 1.82) is 0 Å². The summed E-state index contributed by atoms with van der Waals surface area (Å²) in [4.78, 5) is 13.4. The van der Waals surface area contributed by atoms with Gasteiger partial charge in [0.25, 0.3) is 0 Å². The fourth-order valence-electron chi connectivity index (χ4n) is 2.14. The summed E-state index contributed by atoms with van der Waals surface area (Å²) in [7, 11) is -3.54. The van der Waals surface area contributed by atoms with E-state index in [0.29, 0.717) is 12.2 Å². The molecule has 2 N–H and O–H groups in total. The first-order valence-corrected chi connectivity index (χ1v) is 7.44. The van der Waals surface area contributed by atoms with E-state index in [1.54, 1.807) is 22.0 Å². The van der Waals surface area contributed by atoms with Crippen molar-refractivity contribution in [2.24, 2.45) is 11.1 Å². The zero-order valence-corrected chi connectivity index (χ0v) is 10.9. The minimum absolute atomic E-state index is 0.0840. The molecular weight excluding hydrogens is 256 g/mol. The highest BCUT2D eigenvalue weighted by Gasteiger charge is 2.33. The molecule has 1 amide bonds. The summed E-state index contributed by atoms with van der Waals surface area (Å²) in [6, 6.07) is 0. The van der Waals surface area contributed by atoms with E-state index in [2.05, 4.69) is 5.10 Å². The molecule has 1 aromatic rings. The van der Waals surface area contributed by atoms with Crippen molar-refractivity contribution < 1.29 is 13.2 Å². The Hall–Kier alpha value is -1.41. The van der Waals surface area contributed by atoms with E-state index < -0.39 is 10.0 Å². The third-order valence-electron chi connectivity index (χ3n) is 2.93. The minimum atomic E-state index is -3.54. The fourth-order valence-corrected chi connectivity index (χ4v) is 3.02. The zero-order valence-electron chi connectivity index (χ0n) is 10.1. The van der Waals surface area contributed by atoms with E-state index in [9.17, 15) is 13.2 Å². The van der Waals surface area contributed by atoms with Crippen LogP contribution in [-0.2, 0) is 21.4 Å². The summed E-state index contributed by atoms with van der Waals surface area (Å²) in [6.45, 7) is 3.06. The molecule has 0 bridgehead atoms. The van der Waals surface area contributed by atoms with Gasteiger partial charge >= 0.3 is 0 Å². The second-order valence-corrected chi connectivity index (χ2v) is 6.12. The third kappa shape index (κ3) is 2.88. The van der Waals surface area contributed by atoms with Crippen LogP contribution in [0.25, 0.3) is 0 Å². The molecule has 1 unspecified atom stereocenters. The van der Waals surface area contributed by atoms with Crippen molar-refractivity contribution in [1.82, 2.24) is 9.78 Å². The van der Waals surface area contributed by atoms with Gasteiger partial charge in [-0.25, -0.2) is 13.6 Å². The Kier molecular flexibility index (Phi) is 3.40. The van der Waals surface area contributed by atoms with Gasteiger partial charge in [0.05, 0.1) is 17.6 Å². The van der Waals surface area contributed by atoms with Gasteiger partial charge in [0.2, 0.25) is 15.9 Å². The Morgan fingerprint density at radius 2 is 2.28 bits per heavy atom. The normalized spacial score (nSPS) is 20.7. The van der Waals surface area contributed by atoms with E-state index in [1.807, 2.05) is 6.92 Å². The first-order chi connectivity index (χ1) is 8.39. The molecule has 1 aliphatic heterocycles. The average Bonchev–Trinajstić information content (AvgIpc) is 2.82. The van der Waals surface area contributed by atoms with Crippen molar-refractivity contribution in [3.63, 3.8) is 0 Å². The average molecular weight is 272 g/mol. The highest BCUT2D eigenvalue weighted by Crippen LogP contribution is 2.25. The van der Waals surface area contributed by atoms with Crippen LogP contribution in [0.15, 0.2) is 12.4 Å². The van der Waals surface area contributed by atoms with Crippen LogP contribution in [0.1, 0.15) is 13.3 Å². The Morgan fingerprint density at radius 1 is 1.56 bits per heavy atom. The number of carbonyl (C=O) groups is 1. The maximum Gasteiger partial charge on any atom is 0.227 e. The minimum Gasteiger partial charge on any atom is -0.309 e. The summed E-state index contributed by atoms with van der Waals surface area (Å²) >= 11 is 0. The number of hydrogen-bond donors (Lipinski definition) is 1. The maximum atomic E-state index is 11.8. The number of primary sulfonamides is 1. The highest BCUT2D eigenvalue weighted by atomic mass is 32.2. The van der Waals surface area contributed by atoms with Crippen LogP contribution in [0.4, 0.5) is 5.69 Å². The summed E-state index contributed by atoms with van der Waals surface area (Å²) in [5, 5.41) is 9.09. The quantitative estimate of drug-likeness (QED) is 0.802. The third-order valence-corrected chi connectivity index (χ3v) is 3.86. The molecule has 2 heterocycles. The molecule has 0 aromatic carbocycles. The molecule has 8 heteroatoms. The van der Waals surface area contributed by atoms with Crippen LogP contribution in [-0.4, -0.2) is 36.4 Å². The van der Waals surface area contributed by atoms with Crippen LogP contribution in [0.3, 0.4) is 0 Å². The number of amides is 1. The molecular formula is C10H16N4O3S. The number of nitrogens with two attached hydrogens (primary N) is 1. The second-order valence-electron chi connectivity index (χ2n) is 4.46. The van der Waals surface area contributed by atoms with E-state index in [0.717, 1.165) is 6.54 Å². The lowest BCUT2D eigenvalue weighted by Gasteiger charge is -2.13. The number of aromatic nitrogens is 2. The molecule has 1 fully saturated rings. The SMILES string of the molecule is CCn1cc(N2CC(CS(N)(=O)=O)CC2=O)cn1. The summed E-state index contributed by atoms with van der Waals surface area (Å²) in [5.74, 6) is -0.478. The highest BCUT2D eigenvalue weighted by molar-refractivity contribution is 7.89. The molecule has 0 radical (unpaired) electrons. The van der Waals surface area contributed by atoms with Gasteiger partial charge in [-0.3, -0.25) is 9.48 Å². The molecule has 1 atom stereocenters. The first kappa shape index (κ1) is 13.0. The summed E-state index contributed by atoms with van der Waals surface area (Å²) < 4.78 is 23.8. The molecule has 0 saturated carbocycles. The zero-order chi connectivity index (χ0) is 13.3. The fraction of sp³-hybridized carbons (Fsp3) is 0.600. The number of aryl methyl sites for hydroxylation is 1. The predicted molar refractivity (Wildman–Crippen MR) is 66.3 cm³/mol. The van der Waals surface area contributed by atoms with Crippen LogP contribution >= 0.6 is 0 Å². The molecule has 100 valence electrons. The molecule has 7 nitrogen and oxygen atoms in total. The predicted octanol–water partition coefficient (Wildman–Crippen LogP) is -0.456. The smallest absolute Gasteiger partial charge is 0.227 e. The van der Waals surface area contributed by atoms with E-state index in [1.165, 1.54) is 0 Å². The molecule has 2 rings (SSSR count). The number of rotatable bonds is 4. The molecule has 0 spiro atoms. The lowest BCUT2D eigenvalue weighted by atomic mass is 10.1. The summed E-state index contributed by atoms with van der Waals surface area (Å²) in [5.41, 5.74) is 0.707. The van der Waals surface area contributed by atoms with Gasteiger partial charge in [-0.05, 0) is 6.92 Å². The summed E-state index contributed by atoms with van der Waals surface area (Å²) in [6.07, 6.45) is 3.60. The number of hydrogen-bond acceptors (Lipinski definition) is 4. The van der Waals surface area contributed by atoms with Crippen molar-refractivity contribution >= 4 is 21.6 Å². The van der Waals surface area contributed by atoms with Crippen LogP contribution < -0.4 is 10.0 Å². The van der Waals surface area contributed by atoms with E-state index >= 15 is 0 Å². The van der Waals surface area contributed by atoms with Gasteiger partial charge in [-0.15, -0.1) is 0 Å². The maximum absolute atomic E-state index is 11.8. The van der Waals surface area contributed by atoms with Crippen molar-refractivity contribution in [3.05, 3.63) is 12.4 Å². The molecule has 1 aromatic heterocycles. The van der Waals surface area contributed by atoms with Crippen molar-refractivity contribution in [2.75, 3.05) is 17.2 Å². The Labute approximate surface area is 106 Å². The number of nitrogens with zero attached hydrogens (tertiary/aromatic N) is 3. The number of carbonyl (C=O) groups excluding carboxylic acids is 1. The van der Waals surface area contributed by atoms with E-state index in [4.69, 9.17) is 5.14 Å². The van der Waals surface area contributed by atoms with Gasteiger partial charge < -0.3 is 4.90 Å². The first-order valence-electron chi connectivity index (χ1n) is 5.72. The van der Waals surface area contributed by atoms with Gasteiger partial charge in [0, 0.05) is 31.6 Å². The lowest BCUT2D eigenvalue weighted by Crippen LogP contribution is -2.27. The van der Waals surface area contributed by atoms with E-state index in [-0.39, 0.29) is 24.0 Å². The standard InChI is InChI=1S/C10H16N4O3S/c1-2-13-6-9(4-12-13)14-5-8(3-10(14)15)7-18(11,16)17/h4,6,8H,2-3,5,7H2,1H3,(H2,11,16,17). The molecule has 1 saturated heterocycles. The number of anilines is 1. The number of sulfonamides is 1. The van der Waals surface area contributed by atoms with Crippen LogP contribution in [0.5, 0.6) is 0 Å². The van der Waals surface area contributed by atoms with Crippen molar-refractivity contribution in [3.8, 4) is 0 Å². The van der Waals surface area contributed by atoms with Gasteiger partial charge in [0.1, 0.15) is 0 Å². The lowest BCUT2D eigenvalue weighted by molar-refractivity contribution is -0.117. The Morgan fingerprint density at radius 3 is 2.83 bits per heavy atom. The monoisotopic (exact) mass is 272 g/mol. The van der Waals surface area contributed by atoms with Crippen LogP contribution in [0, 0.1) is 5.92 Å². The molecule has 0 aliphatic carbocycles. The topological polar surface area (TPSA) is 98.3 Å². The van der Waals surface area contributed by atoms with Gasteiger partial charge in [-0.2, -0.15) is 5.10 Å². The van der Waals surface area contributed by atoms with Crippen LogP contribution in [0.2, 0.25) is 0 Å². The Bertz CT molecular complexity index is 551. The van der Waals surface area contributed by atoms with Gasteiger partial charge in [-0.1, -0.05) is 0 Å². The van der Waals surface area contributed by atoms with Gasteiger partial charge in [0.15, 0.2) is 0 Å². The molecule has 1 aliphatic rings. The largest absolute Gasteiger partial charge is 0.309 e. The Balaban J connectivity index is 2.09. The molecule has 18 heavy (non-hydrogen) atoms.